The molecule has 2 N–H and O–H groups in total. The maximum absolute atomic E-state index is 12.5. The average molecular weight is 355 g/mol. The molecule has 2 amide bonds. The summed E-state index contributed by atoms with van der Waals surface area (Å²) in [7, 11) is 0. The van der Waals surface area contributed by atoms with E-state index in [1.807, 2.05) is 6.20 Å². The van der Waals surface area contributed by atoms with Crippen LogP contribution in [0.2, 0.25) is 0 Å². The van der Waals surface area contributed by atoms with E-state index in [0.717, 1.165) is 45.4 Å². The van der Waals surface area contributed by atoms with Gasteiger partial charge in [-0.2, -0.15) is 0 Å². The van der Waals surface area contributed by atoms with E-state index in [0.29, 0.717) is 15.8 Å². The molecule has 0 bridgehead atoms. The number of nitrogens with two attached hydrogens (primary N) is 1. The van der Waals surface area contributed by atoms with Crippen molar-refractivity contribution in [1.82, 2.24) is 9.80 Å². The highest BCUT2D eigenvalue weighted by molar-refractivity contribution is 8.26. The van der Waals surface area contributed by atoms with Gasteiger partial charge in [0.25, 0.3) is 5.91 Å². The fraction of sp³-hybridized carbons (Fsp3) is 0.667. The van der Waals surface area contributed by atoms with E-state index in [1.54, 1.807) is 4.90 Å². The average Bonchev–Trinajstić information content (AvgIpc) is 3.12. The zero-order chi connectivity index (χ0) is 16.4. The van der Waals surface area contributed by atoms with Crippen molar-refractivity contribution in [1.29, 1.82) is 0 Å². The second-order valence-corrected chi connectivity index (χ2v) is 7.80. The molecule has 3 aliphatic rings. The Balaban J connectivity index is 1.59. The predicted octanol–water partition coefficient (Wildman–Crippen LogP) is 1.06. The summed E-state index contributed by atoms with van der Waals surface area (Å²) in [6.07, 6.45) is 5.49. The number of likely N-dealkylation sites (tertiary alicyclic amines) is 1. The van der Waals surface area contributed by atoms with E-state index in [2.05, 4.69) is 4.90 Å². The molecule has 0 aromatic heterocycles. The Morgan fingerprint density at radius 1 is 1.39 bits per heavy atom. The molecule has 0 saturated carbocycles. The molecule has 3 heterocycles. The first-order valence-corrected chi connectivity index (χ1v) is 9.17. The number of carbonyl (C=O) groups is 2. The Morgan fingerprint density at radius 3 is 2.74 bits per heavy atom. The van der Waals surface area contributed by atoms with Crippen LogP contribution in [0.3, 0.4) is 0 Å². The molecule has 3 rings (SSSR count). The molecule has 8 heteroatoms. The molecule has 0 aromatic rings. The molecule has 6 nitrogen and oxygen atoms in total. The van der Waals surface area contributed by atoms with Gasteiger partial charge in [0, 0.05) is 31.8 Å². The van der Waals surface area contributed by atoms with Gasteiger partial charge in [-0.3, -0.25) is 14.5 Å². The second kappa shape index (κ2) is 7.19. The van der Waals surface area contributed by atoms with E-state index in [4.69, 9.17) is 22.7 Å². The molecule has 0 spiro atoms. The van der Waals surface area contributed by atoms with Crippen molar-refractivity contribution in [2.75, 3.05) is 26.2 Å². The number of thioether (sulfide) groups is 1. The number of amides is 2. The molecular weight excluding hydrogens is 334 g/mol. The molecule has 3 aliphatic heterocycles. The van der Waals surface area contributed by atoms with Crippen molar-refractivity contribution in [3.05, 3.63) is 11.1 Å². The summed E-state index contributed by atoms with van der Waals surface area (Å²) in [6.45, 7) is 2.79. The molecule has 0 aliphatic carbocycles. The first-order valence-electron chi connectivity index (χ1n) is 7.95. The zero-order valence-electron chi connectivity index (χ0n) is 12.9. The highest BCUT2D eigenvalue weighted by atomic mass is 32.2. The summed E-state index contributed by atoms with van der Waals surface area (Å²) < 4.78 is 6.20. The number of thiocarbonyl (C=S) groups is 1. The van der Waals surface area contributed by atoms with Gasteiger partial charge < -0.3 is 15.4 Å². The lowest BCUT2D eigenvalue weighted by Crippen LogP contribution is -2.37. The van der Waals surface area contributed by atoms with E-state index in [1.165, 1.54) is 11.8 Å². The van der Waals surface area contributed by atoms with Crippen molar-refractivity contribution in [2.45, 2.75) is 31.8 Å². The summed E-state index contributed by atoms with van der Waals surface area (Å²) in [5.74, 6) is -0.311. The van der Waals surface area contributed by atoms with Crippen LogP contribution in [-0.4, -0.2) is 58.3 Å². The van der Waals surface area contributed by atoms with Crippen molar-refractivity contribution < 1.29 is 14.3 Å². The standard InChI is InChI=1S/C15H21N3O3S2/c16-13(19)10-3-5-17(6-4-10)9-12-14(20)18(15(22)23-12)8-11-2-1-7-21-11/h9-11H,1-8H2,(H2,16,19). The lowest BCUT2D eigenvalue weighted by atomic mass is 9.97. The van der Waals surface area contributed by atoms with Crippen LogP contribution in [0.15, 0.2) is 11.1 Å². The summed E-state index contributed by atoms with van der Waals surface area (Å²) >= 11 is 6.69. The highest BCUT2D eigenvalue weighted by Gasteiger charge is 2.35. The molecule has 1 atom stereocenters. The van der Waals surface area contributed by atoms with Crippen LogP contribution in [0.5, 0.6) is 0 Å². The van der Waals surface area contributed by atoms with E-state index < -0.39 is 0 Å². The third-order valence-corrected chi connectivity index (χ3v) is 5.88. The first kappa shape index (κ1) is 16.7. The Kier molecular flexibility index (Phi) is 5.23. The maximum Gasteiger partial charge on any atom is 0.267 e. The normalized spacial score (nSPS) is 28.2. The van der Waals surface area contributed by atoms with Crippen LogP contribution in [0.1, 0.15) is 25.7 Å². The van der Waals surface area contributed by atoms with Gasteiger partial charge >= 0.3 is 0 Å². The van der Waals surface area contributed by atoms with E-state index >= 15 is 0 Å². The van der Waals surface area contributed by atoms with Crippen molar-refractivity contribution in [3.8, 4) is 0 Å². The zero-order valence-corrected chi connectivity index (χ0v) is 14.5. The summed E-state index contributed by atoms with van der Waals surface area (Å²) in [5.41, 5.74) is 5.35. The number of hydrogen-bond donors (Lipinski definition) is 1. The predicted molar refractivity (Wildman–Crippen MR) is 92.5 cm³/mol. The number of piperidine rings is 1. The quantitative estimate of drug-likeness (QED) is 0.600. The lowest BCUT2D eigenvalue weighted by molar-refractivity contribution is -0.124. The second-order valence-electron chi connectivity index (χ2n) is 6.12. The van der Waals surface area contributed by atoms with Gasteiger partial charge in [0.2, 0.25) is 5.91 Å². The number of nitrogens with zero attached hydrogens (tertiary/aromatic N) is 2. The molecule has 0 radical (unpaired) electrons. The molecule has 1 unspecified atom stereocenters. The summed E-state index contributed by atoms with van der Waals surface area (Å²) in [5, 5.41) is 0. The third-order valence-electron chi connectivity index (χ3n) is 4.52. The number of primary amides is 1. The van der Waals surface area contributed by atoms with Crippen molar-refractivity contribution in [3.63, 3.8) is 0 Å². The van der Waals surface area contributed by atoms with Crippen molar-refractivity contribution in [2.24, 2.45) is 11.7 Å². The smallest absolute Gasteiger partial charge is 0.267 e. The molecule has 23 heavy (non-hydrogen) atoms. The first-order chi connectivity index (χ1) is 11.0. The Hall–Kier alpha value is -1.12. The minimum absolute atomic E-state index is 0.0347. The molecular formula is C15H21N3O3S2. The van der Waals surface area contributed by atoms with Gasteiger partial charge in [-0.15, -0.1) is 0 Å². The summed E-state index contributed by atoms with van der Waals surface area (Å²) in [4.78, 5) is 28.1. The van der Waals surface area contributed by atoms with Crippen LogP contribution in [0.4, 0.5) is 0 Å². The SMILES string of the molecule is NC(=O)C1CCN(C=C2SC(=S)N(CC3CCCO3)C2=O)CC1. The molecule has 126 valence electrons. The third kappa shape index (κ3) is 3.87. The molecule has 0 aromatic carbocycles. The largest absolute Gasteiger partial charge is 0.376 e. The number of carbonyl (C=O) groups excluding carboxylic acids is 2. The Bertz CT molecular complexity index is 538. The monoisotopic (exact) mass is 355 g/mol. The highest BCUT2D eigenvalue weighted by Crippen LogP contribution is 2.33. The number of hydrogen-bond acceptors (Lipinski definition) is 6. The lowest BCUT2D eigenvalue weighted by Gasteiger charge is -2.29. The fourth-order valence-electron chi connectivity index (χ4n) is 3.12. The summed E-state index contributed by atoms with van der Waals surface area (Å²) in [6, 6.07) is 0. The van der Waals surface area contributed by atoms with Gasteiger partial charge in [-0.25, -0.2) is 0 Å². The molecule has 3 fully saturated rings. The van der Waals surface area contributed by atoms with Gasteiger partial charge in [0.15, 0.2) is 0 Å². The maximum atomic E-state index is 12.5. The van der Waals surface area contributed by atoms with Gasteiger partial charge in [-0.1, -0.05) is 24.0 Å². The van der Waals surface area contributed by atoms with Gasteiger partial charge in [-0.05, 0) is 25.7 Å². The van der Waals surface area contributed by atoms with E-state index in [-0.39, 0.29) is 23.8 Å². The van der Waals surface area contributed by atoms with Crippen LogP contribution in [0.25, 0.3) is 0 Å². The van der Waals surface area contributed by atoms with Crippen molar-refractivity contribution >= 4 is 40.1 Å². The fourth-order valence-corrected chi connectivity index (χ4v) is 4.40. The minimum Gasteiger partial charge on any atom is -0.376 e. The molecule has 3 saturated heterocycles. The van der Waals surface area contributed by atoms with Crippen LogP contribution in [0, 0.1) is 5.92 Å². The number of rotatable bonds is 4. The Labute approximate surface area is 145 Å². The van der Waals surface area contributed by atoms with Gasteiger partial charge in [0.05, 0.1) is 17.6 Å². The number of ether oxygens (including phenoxy) is 1. The topological polar surface area (TPSA) is 75.9 Å². The minimum atomic E-state index is -0.229. The van der Waals surface area contributed by atoms with Crippen LogP contribution >= 0.6 is 24.0 Å². The van der Waals surface area contributed by atoms with Crippen LogP contribution in [-0.2, 0) is 14.3 Å². The van der Waals surface area contributed by atoms with E-state index in [9.17, 15) is 9.59 Å². The Morgan fingerprint density at radius 2 is 2.13 bits per heavy atom. The van der Waals surface area contributed by atoms with Gasteiger partial charge in [0.1, 0.15) is 4.32 Å². The van der Waals surface area contributed by atoms with Crippen LogP contribution < -0.4 is 5.73 Å².